The lowest BCUT2D eigenvalue weighted by molar-refractivity contribution is -0.140. The van der Waals surface area contributed by atoms with E-state index in [2.05, 4.69) is 43.4 Å². The Hall–Kier alpha value is -2.62. The third-order valence-electron chi connectivity index (χ3n) is 5.27. The number of nitrogens with zero attached hydrogens (tertiary/aromatic N) is 1. The van der Waals surface area contributed by atoms with E-state index in [4.69, 9.17) is 0 Å². The number of hydrogen-bond acceptors (Lipinski definition) is 2. The number of rotatable bonds is 9. The van der Waals surface area contributed by atoms with Crippen LogP contribution in [0.25, 0.3) is 0 Å². The van der Waals surface area contributed by atoms with Crippen LogP contribution in [0.5, 0.6) is 0 Å². The summed E-state index contributed by atoms with van der Waals surface area (Å²) in [7, 11) is 0. The Morgan fingerprint density at radius 3 is 2.07 bits per heavy atom. The molecule has 2 aromatic rings. The van der Waals surface area contributed by atoms with E-state index in [0.717, 1.165) is 11.1 Å². The number of nitrogens with one attached hydrogen (secondary N) is 1. The lowest BCUT2D eigenvalue weighted by Crippen LogP contribution is -2.47. The molecule has 0 saturated heterocycles. The summed E-state index contributed by atoms with van der Waals surface area (Å²) in [5.74, 6) is 0.375. The molecule has 4 heteroatoms. The number of carbonyl (C=O) groups is 2. The number of aryl methyl sites for hydroxylation is 2. The van der Waals surface area contributed by atoms with Crippen LogP contribution in [0.2, 0.25) is 0 Å². The number of benzene rings is 2. The molecule has 0 bridgehead atoms. The van der Waals surface area contributed by atoms with Gasteiger partial charge in [0, 0.05) is 19.5 Å². The zero-order valence-electron chi connectivity index (χ0n) is 18.4. The first-order chi connectivity index (χ1) is 13.8. The second-order valence-corrected chi connectivity index (χ2v) is 7.97. The van der Waals surface area contributed by atoms with E-state index >= 15 is 0 Å². The zero-order valence-corrected chi connectivity index (χ0v) is 18.4. The van der Waals surface area contributed by atoms with Gasteiger partial charge in [-0.2, -0.15) is 0 Å². The average Bonchev–Trinajstić information content (AvgIpc) is 2.71. The first kappa shape index (κ1) is 22.7. The monoisotopic (exact) mass is 394 g/mol. The highest BCUT2D eigenvalue weighted by Gasteiger charge is 2.25. The SMILES string of the molecule is CCNC(=O)[C@H](C)N(Cc1ccc(C)cc1)C(=O)CCc1ccc(C(C)C)cc1. The molecule has 0 heterocycles. The third-order valence-corrected chi connectivity index (χ3v) is 5.27. The fourth-order valence-corrected chi connectivity index (χ4v) is 3.26. The van der Waals surface area contributed by atoms with Crippen LogP contribution in [0.1, 0.15) is 62.3 Å². The molecule has 29 heavy (non-hydrogen) atoms. The molecule has 4 nitrogen and oxygen atoms in total. The van der Waals surface area contributed by atoms with Gasteiger partial charge in [-0.1, -0.05) is 67.9 Å². The Morgan fingerprint density at radius 2 is 1.52 bits per heavy atom. The van der Waals surface area contributed by atoms with E-state index < -0.39 is 6.04 Å². The minimum Gasteiger partial charge on any atom is -0.355 e. The smallest absolute Gasteiger partial charge is 0.242 e. The first-order valence-electron chi connectivity index (χ1n) is 10.5. The van der Waals surface area contributed by atoms with Crippen molar-refractivity contribution in [1.29, 1.82) is 0 Å². The van der Waals surface area contributed by atoms with Crippen LogP contribution >= 0.6 is 0 Å². The lowest BCUT2D eigenvalue weighted by atomic mass is 10.00. The van der Waals surface area contributed by atoms with E-state index in [-0.39, 0.29) is 11.8 Å². The molecule has 156 valence electrons. The number of likely N-dealkylation sites (N-methyl/N-ethyl adjacent to an activating group) is 1. The molecule has 2 rings (SSSR count). The minimum absolute atomic E-state index is 0.00253. The molecule has 0 saturated carbocycles. The lowest BCUT2D eigenvalue weighted by Gasteiger charge is -2.29. The Bertz CT molecular complexity index is 795. The maximum Gasteiger partial charge on any atom is 0.242 e. The average molecular weight is 395 g/mol. The fourth-order valence-electron chi connectivity index (χ4n) is 3.26. The van der Waals surface area contributed by atoms with Gasteiger partial charge in [-0.15, -0.1) is 0 Å². The molecule has 0 spiro atoms. The van der Waals surface area contributed by atoms with Crippen molar-refractivity contribution in [3.63, 3.8) is 0 Å². The standard InChI is InChI=1S/C25H34N2O2/c1-6-26-25(29)20(5)27(17-22-9-7-19(4)8-10-22)24(28)16-13-21-11-14-23(15-12-21)18(2)3/h7-12,14-15,18,20H,6,13,16-17H2,1-5H3,(H,26,29)/t20-/m0/s1. The van der Waals surface area contributed by atoms with Gasteiger partial charge in [0.05, 0.1) is 0 Å². The van der Waals surface area contributed by atoms with Crippen LogP contribution in [0.15, 0.2) is 48.5 Å². The Morgan fingerprint density at radius 1 is 0.931 bits per heavy atom. The van der Waals surface area contributed by atoms with Crippen molar-refractivity contribution in [3.8, 4) is 0 Å². The van der Waals surface area contributed by atoms with Crippen LogP contribution < -0.4 is 5.32 Å². The summed E-state index contributed by atoms with van der Waals surface area (Å²) in [6.45, 7) is 11.1. The predicted octanol–water partition coefficient (Wildman–Crippen LogP) is 4.60. The number of hydrogen-bond donors (Lipinski definition) is 1. The van der Waals surface area contributed by atoms with E-state index in [0.29, 0.717) is 31.8 Å². The first-order valence-corrected chi connectivity index (χ1v) is 10.5. The quantitative estimate of drug-likeness (QED) is 0.675. The summed E-state index contributed by atoms with van der Waals surface area (Å²) < 4.78 is 0. The molecule has 2 aromatic carbocycles. The molecule has 0 unspecified atom stereocenters. The van der Waals surface area contributed by atoms with Gasteiger partial charge in [-0.05, 0) is 49.8 Å². The summed E-state index contributed by atoms with van der Waals surface area (Å²) in [4.78, 5) is 27.2. The molecule has 0 aliphatic heterocycles. The summed E-state index contributed by atoms with van der Waals surface area (Å²) in [6.07, 6.45) is 1.06. The fraction of sp³-hybridized carbons (Fsp3) is 0.440. The molecule has 1 N–H and O–H groups in total. The van der Waals surface area contributed by atoms with Crippen molar-refractivity contribution >= 4 is 11.8 Å². The van der Waals surface area contributed by atoms with Crippen molar-refractivity contribution in [2.24, 2.45) is 0 Å². The van der Waals surface area contributed by atoms with Crippen LogP contribution in [0.4, 0.5) is 0 Å². The third kappa shape index (κ3) is 6.74. The zero-order chi connectivity index (χ0) is 21.4. The number of carbonyl (C=O) groups excluding carboxylic acids is 2. The van der Waals surface area contributed by atoms with Gasteiger partial charge in [-0.25, -0.2) is 0 Å². The van der Waals surface area contributed by atoms with Gasteiger partial charge in [0.15, 0.2) is 0 Å². The summed E-state index contributed by atoms with van der Waals surface area (Å²) in [6, 6.07) is 16.1. The Labute approximate surface area is 175 Å². The molecule has 0 aliphatic carbocycles. The van der Waals surface area contributed by atoms with Crippen LogP contribution in [0, 0.1) is 6.92 Å². The van der Waals surface area contributed by atoms with Gasteiger partial charge >= 0.3 is 0 Å². The molecular weight excluding hydrogens is 360 g/mol. The molecule has 0 radical (unpaired) electrons. The molecule has 0 aliphatic rings. The number of amides is 2. The highest BCUT2D eigenvalue weighted by atomic mass is 16.2. The van der Waals surface area contributed by atoms with Crippen LogP contribution in [0.3, 0.4) is 0 Å². The summed E-state index contributed by atoms with van der Waals surface area (Å²) >= 11 is 0. The largest absolute Gasteiger partial charge is 0.355 e. The van der Waals surface area contributed by atoms with Gasteiger partial charge in [-0.3, -0.25) is 9.59 Å². The molecule has 0 aromatic heterocycles. The predicted molar refractivity (Wildman–Crippen MR) is 119 cm³/mol. The van der Waals surface area contributed by atoms with Crippen molar-refractivity contribution in [2.45, 2.75) is 66.0 Å². The van der Waals surface area contributed by atoms with Crippen molar-refractivity contribution < 1.29 is 9.59 Å². The highest BCUT2D eigenvalue weighted by Crippen LogP contribution is 2.17. The molecular formula is C25H34N2O2. The topological polar surface area (TPSA) is 49.4 Å². The molecule has 1 atom stereocenters. The second-order valence-electron chi connectivity index (χ2n) is 7.97. The van der Waals surface area contributed by atoms with Crippen LogP contribution in [-0.4, -0.2) is 29.3 Å². The maximum atomic E-state index is 13.1. The maximum absolute atomic E-state index is 13.1. The highest BCUT2D eigenvalue weighted by molar-refractivity contribution is 5.87. The van der Waals surface area contributed by atoms with E-state index in [1.54, 1.807) is 11.8 Å². The van der Waals surface area contributed by atoms with Crippen molar-refractivity contribution in [3.05, 3.63) is 70.8 Å². The van der Waals surface area contributed by atoms with Gasteiger partial charge in [0.1, 0.15) is 6.04 Å². The Kier molecular flexibility index (Phi) is 8.44. The van der Waals surface area contributed by atoms with Crippen molar-refractivity contribution in [2.75, 3.05) is 6.54 Å². The summed E-state index contributed by atoms with van der Waals surface area (Å²) in [5.41, 5.74) is 4.64. The molecule has 2 amide bonds. The van der Waals surface area contributed by atoms with Gasteiger partial charge < -0.3 is 10.2 Å². The second kappa shape index (κ2) is 10.8. The van der Waals surface area contributed by atoms with E-state index in [9.17, 15) is 9.59 Å². The van der Waals surface area contributed by atoms with E-state index in [1.807, 2.05) is 38.1 Å². The van der Waals surface area contributed by atoms with Crippen molar-refractivity contribution in [1.82, 2.24) is 10.2 Å². The van der Waals surface area contributed by atoms with Crippen LogP contribution in [-0.2, 0) is 22.6 Å². The minimum atomic E-state index is -0.507. The van der Waals surface area contributed by atoms with Gasteiger partial charge in [0.2, 0.25) is 11.8 Å². The summed E-state index contributed by atoms with van der Waals surface area (Å²) in [5, 5.41) is 2.83. The van der Waals surface area contributed by atoms with E-state index in [1.165, 1.54) is 11.1 Å². The Balaban J connectivity index is 2.10. The normalized spacial score (nSPS) is 11.9. The van der Waals surface area contributed by atoms with Gasteiger partial charge in [0.25, 0.3) is 0 Å². The molecule has 0 fully saturated rings.